The van der Waals surface area contributed by atoms with Crippen LogP contribution in [0.3, 0.4) is 0 Å². The van der Waals surface area contributed by atoms with Crippen LogP contribution in [0.25, 0.3) is 0 Å². The van der Waals surface area contributed by atoms with Crippen LogP contribution < -0.4 is 15.4 Å². The molecule has 100 valence electrons. The van der Waals surface area contributed by atoms with Crippen LogP contribution in [0, 0.1) is 0 Å². The van der Waals surface area contributed by atoms with Crippen LogP contribution in [0.4, 0.5) is 5.69 Å². The fourth-order valence-corrected chi connectivity index (χ4v) is 2.04. The number of likely N-dealkylation sites (N-methyl/N-ethyl adjacent to an activating group) is 1. The van der Waals surface area contributed by atoms with Crippen LogP contribution >= 0.6 is 11.8 Å². The van der Waals surface area contributed by atoms with Gasteiger partial charge in [0.05, 0.1) is 13.2 Å². The zero-order chi connectivity index (χ0) is 13.5. The van der Waals surface area contributed by atoms with E-state index in [2.05, 4.69) is 0 Å². The summed E-state index contributed by atoms with van der Waals surface area (Å²) >= 11 is 1.69. The average molecular weight is 268 g/mol. The van der Waals surface area contributed by atoms with Crippen molar-refractivity contribution in [3.63, 3.8) is 0 Å². The molecule has 0 spiro atoms. The number of rotatable bonds is 6. The van der Waals surface area contributed by atoms with E-state index in [-0.39, 0.29) is 5.91 Å². The molecule has 18 heavy (non-hydrogen) atoms. The molecule has 0 heterocycles. The summed E-state index contributed by atoms with van der Waals surface area (Å²) in [6.07, 6.45) is 2.70. The van der Waals surface area contributed by atoms with E-state index in [1.807, 2.05) is 30.5 Å². The first-order valence-corrected chi connectivity index (χ1v) is 7.15. The standard InChI is InChI=1S/C13H20N2O2S/c1-15(13(16)12(14)8-9-18-3)10-4-6-11(17-2)7-5-10/h4-7,12H,8-9,14H2,1-3H3/t12-/m0/s1. The minimum absolute atomic E-state index is 0.0609. The Balaban J connectivity index is 2.67. The third-order valence-electron chi connectivity index (χ3n) is 2.74. The largest absolute Gasteiger partial charge is 0.497 e. The van der Waals surface area contributed by atoms with Gasteiger partial charge in [-0.25, -0.2) is 0 Å². The number of hydrogen-bond acceptors (Lipinski definition) is 4. The van der Waals surface area contributed by atoms with Crippen LogP contribution in [0.1, 0.15) is 6.42 Å². The Morgan fingerprint density at radius 1 is 1.44 bits per heavy atom. The maximum absolute atomic E-state index is 12.1. The fourth-order valence-electron chi connectivity index (χ4n) is 1.55. The Hall–Kier alpha value is -1.20. The lowest BCUT2D eigenvalue weighted by Crippen LogP contribution is -2.42. The zero-order valence-electron chi connectivity index (χ0n) is 11.1. The molecule has 0 fully saturated rings. The average Bonchev–Trinajstić information content (AvgIpc) is 2.43. The van der Waals surface area contributed by atoms with E-state index in [0.717, 1.165) is 17.2 Å². The molecule has 0 bridgehead atoms. The second-order valence-corrected chi connectivity index (χ2v) is 4.97. The first-order valence-electron chi connectivity index (χ1n) is 5.76. The van der Waals surface area contributed by atoms with E-state index in [4.69, 9.17) is 10.5 Å². The molecule has 1 aromatic rings. The van der Waals surface area contributed by atoms with Gasteiger partial charge in [0.15, 0.2) is 0 Å². The van der Waals surface area contributed by atoms with Gasteiger partial charge in [-0.15, -0.1) is 0 Å². The maximum Gasteiger partial charge on any atom is 0.243 e. The molecule has 0 saturated carbocycles. The Labute approximate surface area is 112 Å². The lowest BCUT2D eigenvalue weighted by Gasteiger charge is -2.21. The van der Waals surface area contributed by atoms with E-state index in [1.54, 1.807) is 30.8 Å². The van der Waals surface area contributed by atoms with Crippen molar-refractivity contribution in [2.45, 2.75) is 12.5 Å². The van der Waals surface area contributed by atoms with Crippen molar-refractivity contribution < 1.29 is 9.53 Å². The Morgan fingerprint density at radius 3 is 2.56 bits per heavy atom. The third kappa shape index (κ3) is 3.92. The number of thioether (sulfide) groups is 1. The first-order chi connectivity index (χ1) is 8.60. The van der Waals surface area contributed by atoms with Gasteiger partial charge in [0.25, 0.3) is 0 Å². The molecule has 1 rings (SSSR count). The summed E-state index contributed by atoms with van der Waals surface area (Å²) in [5.41, 5.74) is 6.69. The second kappa shape index (κ2) is 7.28. The van der Waals surface area contributed by atoms with Crippen molar-refractivity contribution in [3.8, 4) is 5.75 Å². The number of amides is 1. The second-order valence-electron chi connectivity index (χ2n) is 3.98. The number of benzene rings is 1. The van der Waals surface area contributed by atoms with Crippen LogP contribution in [0.15, 0.2) is 24.3 Å². The summed E-state index contributed by atoms with van der Waals surface area (Å²) < 4.78 is 5.08. The van der Waals surface area contributed by atoms with E-state index in [9.17, 15) is 4.79 Å². The molecule has 4 nitrogen and oxygen atoms in total. The quantitative estimate of drug-likeness (QED) is 0.854. The van der Waals surface area contributed by atoms with Crippen LogP contribution in [0.2, 0.25) is 0 Å². The van der Waals surface area contributed by atoms with E-state index >= 15 is 0 Å². The number of carbonyl (C=O) groups excluding carboxylic acids is 1. The molecule has 2 N–H and O–H groups in total. The van der Waals surface area contributed by atoms with Gasteiger partial charge in [-0.3, -0.25) is 4.79 Å². The van der Waals surface area contributed by atoms with Gasteiger partial charge in [-0.1, -0.05) is 0 Å². The van der Waals surface area contributed by atoms with Gasteiger partial charge >= 0.3 is 0 Å². The molecule has 0 aliphatic heterocycles. The SMILES string of the molecule is COc1ccc(N(C)C(=O)[C@@H](N)CCSC)cc1. The molecular formula is C13H20N2O2S. The van der Waals surface area contributed by atoms with E-state index in [1.165, 1.54) is 0 Å². The van der Waals surface area contributed by atoms with Crippen molar-refractivity contribution in [1.82, 2.24) is 0 Å². The predicted octanol–water partition coefficient (Wildman–Crippen LogP) is 1.74. The molecule has 0 aliphatic rings. The highest BCUT2D eigenvalue weighted by Gasteiger charge is 2.18. The van der Waals surface area contributed by atoms with Crippen LogP contribution in [-0.2, 0) is 4.79 Å². The highest BCUT2D eigenvalue weighted by molar-refractivity contribution is 7.98. The van der Waals surface area contributed by atoms with Gasteiger partial charge in [0.1, 0.15) is 5.75 Å². The number of ether oxygens (including phenoxy) is 1. The number of hydrogen-bond donors (Lipinski definition) is 1. The van der Waals surface area contributed by atoms with Crippen molar-refractivity contribution in [1.29, 1.82) is 0 Å². The van der Waals surface area contributed by atoms with Crippen molar-refractivity contribution in [2.24, 2.45) is 5.73 Å². The molecule has 0 aliphatic carbocycles. The molecule has 1 amide bonds. The smallest absolute Gasteiger partial charge is 0.243 e. The molecule has 0 unspecified atom stereocenters. The Morgan fingerprint density at radius 2 is 2.06 bits per heavy atom. The molecule has 1 aromatic carbocycles. The highest BCUT2D eigenvalue weighted by atomic mass is 32.2. The van der Waals surface area contributed by atoms with Crippen molar-refractivity contribution in [3.05, 3.63) is 24.3 Å². The Kier molecular flexibility index (Phi) is 6.01. The topological polar surface area (TPSA) is 55.6 Å². The zero-order valence-corrected chi connectivity index (χ0v) is 11.9. The van der Waals surface area contributed by atoms with Crippen molar-refractivity contribution in [2.75, 3.05) is 31.1 Å². The predicted molar refractivity (Wildman–Crippen MR) is 77.4 cm³/mol. The Bertz CT molecular complexity index is 381. The number of anilines is 1. The molecule has 5 heteroatoms. The van der Waals surface area contributed by atoms with Gasteiger partial charge < -0.3 is 15.4 Å². The van der Waals surface area contributed by atoms with Crippen LogP contribution in [-0.4, -0.2) is 38.1 Å². The number of methoxy groups -OCH3 is 1. The van der Waals surface area contributed by atoms with E-state index < -0.39 is 6.04 Å². The highest BCUT2D eigenvalue weighted by Crippen LogP contribution is 2.18. The monoisotopic (exact) mass is 268 g/mol. The molecule has 0 saturated heterocycles. The summed E-state index contributed by atoms with van der Waals surface area (Å²) in [4.78, 5) is 13.7. The van der Waals surface area contributed by atoms with E-state index in [0.29, 0.717) is 6.42 Å². The molecule has 0 aromatic heterocycles. The van der Waals surface area contributed by atoms with Gasteiger partial charge in [0.2, 0.25) is 5.91 Å². The van der Waals surface area contributed by atoms with Crippen LogP contribution in [0.5, 0.6) is 5.75 Å². The van der Waals surface area contributed by atoms with Gasteiger partial charge in [0, 0.05) is 12.7 Å². The summed E-state index contributed by atoms with van der Waals surface area (Å²) in [6, 6.07) is 6.90. The summed E-state index contributed by atoms with van der Waals surface area (Å²) in [5.74, 6) is 1.60. The minimum Gasteiger partial charge on any atom is -0.497 e. The third-order valence-corrected chi connectivity index (χ3v) is 3.38. The molecular weight excluding hydrogens is 248 g/mol. The summed E-state index contributed by atoms with van der Waals surface area (Å²) in [6.45, 7) is 0. The van der Waals surface area contributed by atoms with Crippen molar-refractivity contribution >= 4 is 23.4 Å². The molecule has 1 atom stereocenters. The number of carbonyl (C=O) groups is 1. The van der Waals surface area contributed by atoms with Gasteiger partial charge in [-0.2, -0.15) is 11.8 Å². The summed E-state index contributed by atoms with van der Waals surface area (Å²) in [7, 11) is 3.35. The number of nitrogens with zero attached hydrogens (tertiary/aromatic N) is 1. The normalized spacial score (nSPS) is 12.0. The lowest BCUT2D eigenvalue weighted by atomic mass is 10.2. The lowest BCUT2D eigenvalue weighted by molar-refractivity contribution is -0.119. The fraction of sp³-hybridized carbons (Fsp3) is 0.462. The van der Waals surface area contributed by atoms with Gasteiger partial charge in [-0.05, 0) is 42.7 Å². The number of nitrogens with two attached hydrogens (primary N) is 1. The minimum atomic E-state index is -0.440. The summed E-state index contributed by atoms with van der Waals surface area (Å²) in [5, 5.41) is 0. The maximum atomic E-state index is 12.1. The first kappa shape index (κ1) is 14.9. The molecule has 0 radical (unpaired) electrons.